The first-order valence-electron chi connectivity index (χ1n) is 15.4. The molecule has 9 aromatic rings. The minimum Gasteiger partial charge on any atom is -0.455 e. The lowest BCUT2D eigenvalue weighted by Crippen LogP contribution is -2.14. The molecule has 10 rings (SSSR count). The van der Waals surface area contributed by atoms with Crippen LogP contribution in [0.2, 0.25) is 0 Å². The van der Waals surface area contributed by atoms with E-state index in [0.29, 0.717) is 0 Å². The normalized spacial score (nSPS) is 13.9. The maximum absolute atomic E-state index is 6.67. The van der Waals surface area contributed by atoms with Crippen LogP contribution in [-0.2, 0) is 5.41 Å². The van der Waals surface area contributed by atoms with Crippen molar-refractivity contribution in [2.75, 3.05) is 0 Å². The van der Waals surface area contributed by atoms with Crippen LogP contribution in [-0.4, -0.2) is 0 Å². The Morgan fingerprint density at radius 1 is 0.455 bits per heavy atom. The molecule has 8 aromatic carbocycles. The first-order chi connectivity index (χ1) is 21.6. The van der Waals surface area contributed by atoms with Gasteiger partial charge < -0.3 is 4.42 Å². The summed E-state index contributed by atoms with van der Waals surface area (Å²) in [7, 11) is 0. The van der Waals surface area contributed by atoms with Gasteiger partial charge in [0.15, 0.2) is 0 Å². The zero-order chi connectivity index (χ0) is 29.2. The molecule has 0 saturated carbocycles. The van der Waals surface area contributed by atoms with Crippen molar-refractivity contribution < 1.29 is 4.42 Å². The lowest BCUT2D eigenvalue weighted by molar-refractivity contribution is 0.653. The standard InChI is InChI=1S/C43H28O/c1-43(2)36-11-7-6-10-34(36)41-37(43)22-21-33-35-24-28(16-23-38(35)44-42(33)41)30-18-13-27-14-19-31-29(25-8-4-3-5-9-25)17-12-26-15-20-32(30)40(27)39(26)31/h3-24H,1-2H3. The molecule has 1 heteroatoms. The molecule has 1 nitrogen and oxygen atoms in total. The van der Waals surface area contributed by atoms with Crippen LogP contribution in [0.5, 0.6) is 0 Å². The van der Waals surface area contributed by atoms with Crippen LogP contribution < -0.4 is 0 Å². The van der Waals surface area contributed by atoms with Gasteiger partial charge in [0.25, 0.3) is 0 Å². The summed E-state index contributed by atoms with van der Waals surface area (Å²) in [5, 5.41) is 10.2. The Hall–Kier alpha value is -5.40. The molecule has 0 aliphatic heterocycles. The molecule has 0 atom stereocenters. The third-order valence-corrected chi connectivity index (χ3v) is 10.2. The molecule has 0 amide bonds. The molecule has 0 spiro atoms. The summed E-state index contributed by atoms with van der Waals surface area (Å²) in [6.07, 6.45) is 0. The maximum atomic E-state index is 6.67. The molecule has 1 aliphatic rings. The number of hydrogen-bond donors (Lipinski definition) is 0. The van der Waals surface area contributed by atoms with E-state index in [1.54, 1.807) is 0 Å². The number of rotatable bonds is 2. The van der Waals surface area contributed by atoms with Crippen molar-refractivity contribution in [1.82, 2.24) is 0 Å². The molecule has 1 aromatic heterocycles. The fourth-order valence-electron chi connectivity index (χ4n) is 8.11. The van der Waals surface area contributed by atoms with Crippen molar-refractivity contribution in [2.45, 2.75) is 19.3 Å². The highest BCUT2D eigenvalue weighted by molar-refractivity contribution is 6.27. The van der Waals surface area contributed by atoms with E-state index in [-0.39, 0.29) is 5.41 Å². The van der Waals surface area contributed by atoms with Crippen LogP contribution in [0, 0.1) is 0 Å². The van der Waals surface area contributed by atoms with E-state index in [9.17, 15) is 0 Å². The van der Waals surface area contributed by atoms with Gasteiger partial charge in [-0.2, -0.15) is 0 Å². The first-order valence-corrected chi connectivity index (χ1v) is 15.4. The van der Waals surface area contributed by atoms with E-state index in [1.165, 1.54) is 87.6 Å². The van der Waals surface area contributed by atoms with Crippen LogP contribution in [0.3, 0.4) is 0 Å². The predicted molar refractivity (Wildman–Crippen MR) is 186 cm³/mol. The van der Waals surface area contributed by atoms with E-state index in [2.05, 4.69) is 147 Å². The van der Waals surface area contributed by atoms with Crippen LogP contribution in [0.25, 0.3) is 87.6 Å². The smallest absolute Gasteiger partial charge is 0.143 e. The lowest BCUT2D eigenvalue weighted by atomic mass is 9.82. The first kappa shape index (κ1) is 24.1. The molecular formula is C43H28O. The van der Waals surface area contributed by atoms with Crippen molar-refractivity contribution in [3.63, 3.8) is 0 Å². The van der Waals surface area contributed by atoms with Crippen LogP contribution in [0.4, 0.5) is 0 Å². The summed E-state index contributed by atoms with van der Waals surface area (Å²) >= 11 is 0. The van der Waals surface area contributed by atoms with E-state index < -0.39 is 0 Å². The van der Waals surface area contributed by atoms with Crippen molar-refractivity contribution >= 4 is 54.3 Å². The highest BCUT2D eigenvalue weighted by Crippen LogP contribution is 2.52. The third-order valence-electron chi connectivity index (χ3n) is 10.2. The second-order valence-corrected chi connectivity index (χ2v) is 12.9. The van der Waals surface area contributed by atoms with Crippen LogP contribution in [0.1, 0.15) is 25.0 Å². The summed E-state index contributed by atoms with van der Waals surface area (Å²) in [5.41, 5.74) is 12.1. The average Bonchev–Trinajstić information content (AvgIpc) is 3.55. The van der Waals surface area contributed by atoms with Crippen molar-refractivity contribution in [1.29, 1.82) is 0 Å². The van der Waals surface area contributed by atoms with Crippen LogP contribution >= 0.6 is 0 Å². The summed E-state index contributed by atoms with van der Waals surface area (Å²) in [6, 6.07) is 49.1. The van der Waals surface area contributed by atoms with Gasteiger partial charge in [-0.15, -0.1) is 0 Å². The van der Waals surface area contributed by atoms with Gasteiger partial charge in [-0.1, -0.05) is 135 Å². The fraction of sp³-hybridized carbons (Fsp3) is 0.0698. The van der Waals surface area contributed by atoms with Gasteiger partial charge in [0, 0.05) is 21.8 Å². The van der Waals surface area contributed by atoms with E-state index in [4.69, 9.17) is 4.42 Å². The number of furan rings is 1. The zero-order valence-corrected chi connectivity index (χ0v) is 24.6. The Morgan fingerprint density at radius 2 is 1.09 bits per heavy atom. The lowest BCUT2D eigenvalue weighted by Gasteiger charge is -2.21. The molecule has 0 radical (unpaired) electrons. The molecule has 44 heavy (non-hydrogen) atoms. The largest absolute Gasteiger partial charge is 0.455 e. The van der Waals surface area contributed by atoms with Gasteiger partial charge in [-0.3, -0.25) is 0 Å². The Bertz CT molecular complexity index is 2620. The number of benzene rings is 8. The molecule has 0 saturated heterocycles. The average molecular weight is 561 g/mol. The summed E-state index contributed by atoms with van der Waals surface area (Å²) in [4.78, 5) is 0. The highest BCUT2D eigenvalue weighted by atomic mass is 16.3. The fourth-order valence-corrected chi connectivity index (χ4v) is 8.11. The topological polar surface area (TPSA) is 13.1 Å². The highest BCUT2D eigenvalue weighted by Gasteiger charge is 2.37. The minimum atomic E-state index is -0.0493. The molecule has 1 heterocycles. The molecule has 0 unspecified atom stereocenters. The Balaban J connectivity index is 1.22. The Labute approximate surface area is 255 Å². The van der Waals surface area contributed by atoms with E-state index >= 15 is 0 Å². The van der Waals surface area contributed by atoms with Crippen LogP contribution in [0.15, 0.2) is 138 Å². The van der Waals surface area contributed by atoms with Crippen molar-refractivity contribution in [2.24, 2.45) is 0 Å². The van der Waals surface area contributed by atoms with Gasteiger partial charge in [0.05, 0.1) is 0 Å². The van der Waals surface area contributed by atoms with E-state index in [1.807, 2.05) is 0 Å². The SMILES string of the molecule is CC1(C)c2ccccc2-c2c1ccc1c2oc2ccc(-c3ccc4ccc5c(-c6ccccc6)ccc6ccc3c4c65)cc21. The van der Waals surface area contributed by atoms with Gasteiger partial charge in [0.2, 0.25) is 0 Å². The number of fused-ring (bicyclic) bond motifs is 7. The predicted octanol–water partition coefficient (Wildman–Crippen LogP) is 12.1. The number of hydrogen-bond acceptors (Lipinski definition) is 1. The third kappa shape index (κ3) is 3.04. The Morgan fingerprint density at radius 3 is 1.84 bits per heavy atom. The van der Waals surface area contributed by atoms with Gasteiger partial charge >= 0.3 is 0 Å². The second-order valence-electron chi connectivity index (χ2n) is 12.9. The van der Waals surface area contributed by atoms with Gasteiger partial charge in [0.1, 0.15) is 11.2 Å². The quantitative estimate of drug-likeness (QED) is 0.192. The zero-order valence-electron chi connectivity index (χ0n) is 24.6. The summed E-state index contributed by atoms with van der Waals surface area (Å²) in [5.74, 6) is 0. The summed E-state index contributed by atoms with van der Waals surface area (Å²) < 4.78 is 6.67. The molecule has 0 bridgehead atoms. The molecule has 0 N–H and O–H groups in total. The maximum Gasteiger partial charge on any atom is 0.143 e. The summed E-state index contributed by atoms with van der Waals surface area (Å²) in [6.45, 7) is 4.64. The molecule has 206 valence electrons. The van der Waals surface area contributed by atoms with Crippen molar-refractivity contribution in [3.8, 4) is 33.4 Å². The monoisotopic (exact) mass is 560 g/mol. The molecule has 1 aliphatic carbocycles. The molecule has 0 fully saturated rings. The van der Waals surface area contributed by atoms with E-state index in [0.717, 1.165) is 11.2 Å². The van der Waals surface area contributed by atoms with Gasteiger partial charge in [-0.25, -0.2) is 0 Å². The van der Waals surface area contributed by atoms with Gasteiger partial charge in [-0.05, 0) is 83.4 Å². The minimum absolute atomic E-state index is 0.0493. The molecular weight excluding hydrogens is 532 g/mol. The second kappa shape index (κ2) is 8.36. The van der Waals surface area contributed by atoms with Crippen molar-refractivity contribution in [3.05, 3.63) is 145 Å². The Kier molecular flexibility index (Phi) is 4.58.